The van der Waals surface area contributed by atoms with E-state index in [-0.39, 0.29) is 17.7 Å². The standard InChI is InChI=1S/C34H37ClN4O4/c1-21(2)39-19-26-17-24(9-13-29(26)37-39)22-5-7-23(8-6-22)33(41)34(42)36-30(20-38-15-3-4-16-38)32(40)25-10-14-31(28(35)18-25)43-27-11-12-27/h5-10,13-14,17-19,21,27,30,32,40H,3-4,11-12,15-16,20H2,1-2H3,(H,36,42)/t30-,32-/m1/s1. The summed E-state index contributed by atoms with van der Waals surface area (Å²) >= 11 is 6.46. The first-order chi connectivity index (χ1) is 20.7. The van der Waals surface area contributed by atoms with Gasteiger partial charge in [0.25, 0.3) is 5.91 Å². The van der Waals surface area contributed by atoms with Crippen LogP contribution in [-0.4, -0.2) is 63.3 Å². The Hall–Kier alpha value is -3.72. The molecule has 2 heterocycles. The minimum Gasteiger partial charge on any atom is -0.489 e. The second-order valence-electron chi connectivity index (χ2n) is 11.9. The smallest absolute Gasteiger partial charge is 0.292 e. The fourth-order valence-corrected chi connectivity index (χ4v) is 5.76. The topological polar surface area (TPSA) is 96.7 Å². The van der Waals surface area contributed by atoms with Gasteiger partial charge in [-0.1, -0.05) is 48.0 Å². The number of nitrogens with zero attached hydrogens (tertiary/aromatic N) is 3. The van der Waals surface area contributed by atoms with Crippen molar-refractivity contribution in [2.24, 2.45) is 0 Å². The molecule has 43 heavy (non-hydrogen) atoms. The number of halogens is 1. The Balaban J connectivity index is 1.16. The third kappa shape index (κ3) is 6.77. The maximum Gasteiger partial charge on any atom is 0.292 e. The molecule has 0 spiro atoms. The summed E-state index contributed by atoms with van der Waals surface area (Å²) in [6.07, 6.45) is 5.34. The Morgan fingerprint density at radius 2 is 1.74 bits per heavy atom. The Bertz CT molecular complexity index is 1620. The van der Waals surface area contributed by atoms with Crippen LogP contribution >= 0.6 is 11.6 Å². The number of fused-ring (bicyclic) bond motifs is 1. The third-order valence-corrected chi connectivity index (χ3v) is 8.50. The Morgan fingerprint density at radius 1 is 1.02 bits per heavy atom. The van der Waals surface area contributed by atoms with Gasteiger partial charge in [-0.05, 0) is 93.6 Å². The van der Waals surface area contributed by atoms with Gasteiger partial charge in [0.05, 0.1) is 22.7 Å². The number of ether oxygens (including phenoxy) is 1. The highest BCUT2D eigenvalue weighted by Gasteiger charge is 2.30. The molecule has 2 aliphatic rings. The molecular formula is C34H37ClN4O4. The number of aliphatic hydroxyl groups excluding tert-OH is 1. The highest BCUT2D eigenvalue weighted by atomic mass is 35.5. The summed E-state index contributed by atoms with van der Waals surface area (Å²) in [5, 5.41) is 20.3. The summed E-state index contributed by atoms with van der Waals surface area (Å²) < 4.78 is 7.77. The predicted octanol–water partition coefficient (Wildman–Crippen LogP) is 5.98. The van der Waals surface area contributed by atoms with Crippen molar-refractivity contribution in [2.45, 2.75) is 63.8 Å². The zero-order valence-electron chi connectivity index (χ0n) is 24.5. The average Bonchev–Trinajstić information content (AvgIpc) is 3.47. The van der Waals surface area contributed by atoms with Gasteiger partial charge >= 0.3 is 0 Å². The Labute approximate surface area is 256 Å². The number of hydrogen-bond acceptors (Lipinski definition) is 6. The number of nitrogens with one attached hydrogen (secondary N) is 1. The Morgan fingerprint density at radius 3 is 2.42 bits per heavy atom. The van der Waals surface area contributed by atoms with Gasteiger partial charge in [0, 0.05) is 29.7 Å². The fraction of sp³-hybridized carbons (Fsp3) is 0.382. The van der Waals surface area contributed by atoms with Crippen LogP contribution in [-0.2, 0) is 4.79 Å². The molecule has 1 aliphatic carbocycles. The van der Waals surface area contributed by atoms with Crippen LogP contribution < -0.4 is 10.1 Å². The molecule has 2 atom stereocenters. The molecule has 4 aromatic rings. The van der Waals surface area contributed by atoms with Gasteiger partial charge < -0.3 is 20.1 Å². The lowest BCUT2D eigenvalue weighted by Crippen LogP contribution is -2.48. The molecule has 2 fully saturated rings. The molecule has 9 heteroatoms. The van der Waals surface area contributed by atoms with E-state index in [0.717, 1.165) is 60.8 Å². The lowest BCUT2D eigenvalue weighted by Gasteiger charge is -2.28. The molecule has 1 aliphatic heterocycles. The van der Waals surface area contributed by atoms with Crippen LogP contribution in [0.5, 0.6) is 5.75 Å². The number of likely N-dealkylation sites (tertiary alicyclic amines) is 1. The van der Waals surface area contributed by atoms with Crippen LogP contribution in [0.1, 0.15) is 67.6 Å². The number of carbonyl (C=O) groups is 2. The summed E-state index contributed by atoms with van der Waals surface area (Å²) in [6.45, 7) is 6.37. The van der Waals surface area contributed by atoms with Crippen LogP contribution in [0.15, 0.2) is 66.9 Å². The van der Waals surface area contributed by atoms with E-state index in [1.165, 1.54) is 0 Å². The van der Waals surface area contributed by atoms with Gasteiger partial charge in [-0.3, -0.25) is 14.3 Å². The van der Waals surface area contributed by atoms with Crippen LogP contribution in [0.2, 0.25) is 5.02 Å². The van der Waals surface area contributed by atoms with Gasteiger partial charge in [-0.15, -0.1) is 0 Å². The van der Waals surface area contributed by atoms with Gasteiger partial charge in [-0.2, -0.15) is 5.10 Å². The highest BCUT2D eigenvalue weighted by molar-refractivity contribution is 6.42. The van der Waals surface area contributed by atoms with E-state index in [1.807, 2.05) is 35.1 Å². The monoisotopic (exact) mass is 600 g/mol. The fourth-order valence-electron chi connectivity index (χ4n) is 5.53. The van der Waals surface area contributed by atoms with Crippen LogP contribution in [0, 0.1) is 0 Å². The average molecular weight is 601 g/mol. The van der Waals surface area contributed by atoms with E-state index >= 15 is 0 Å². The molecule has 0 bridgehead atoms. The number of aliphatic hydroxyl groups is 1. The van der Waals surface area contributed by atoms with E-state index in [2.05, 4.69) is 35.2 Å². The molecule has 0 radical (unpaired) electrons. The van der Waals surface area contributed by atoms with Crippen molar-refractivity contribution in [3.63, 3.8) is 0 Å². The second-order valence-corrected chi connectivity index (χ2v) is 12.3. The zero-order valence-corrected chi connectivity index (χ0v) is 25.3. The van der Waals surface area contributed by atoms with Crippen molar-refractivity contribution in [3.05, 3.63) is 83.0 Å². The van der Waals surface area contributed by atoms with Gasteiger partial charge in [0.15, 0.2) is 0 Å². The quantitative estimate of drug-likeness (QED) is 0.162. The third-order valence-electron chi connectivity index (χ3n) is 8.20. The van der Waals surface area contributed by atoms with E-state index < -0.39 is 23.8 Å². The molecule has 1 saturated heterocycles. The molecular weight excluding hydrogens is 564 g/mol. The highest BCUT2D eigenvalue weighted by Crippen LogP contribution is 2.34. The largest absolute Gasteiger partial charge is 0.489 e. The normalized spacial score (nSPS) is 16.9. The molecule has 0 unspecified atom stereocenters. The summed E-state index contributed by atoms with van der Waals surface area (Å²) in [5.74, 6) is -0.812. The van der Waals surface area contributed by atoms with E-state index in [9.17, 15) is 14.7 Å². The maximum atomic E-state index is 13.2. The number of carbonyl (C=O) groups excluding carboxylic acids is 2. The lowest BCUT2D eigenvalue weighted by molar-refractivity contribution is -0.118. The summed E-state index contributed by atoms with van der Waals surface area (Å²) in [5.41, 5.74) is 3.71. The number of aromatic nitrogens is 2. The van der Waals surface area contributed by atoms with Crippen molar-refractivity contribution in [1.29, 1.82) is 0 Å². The molecule has 224 valence electrons. The zero-order chi connectivity index (χ0) is 30.1. The number of ketones is 1. The minimum absolute atomic E-state index is 0.203. The summed E-state index contributed by atoms with van der Waals surface area (Å²) in [4.78, 5) is 28.6. The molecule has 1 saturated carbocycles. The van der Waals surface area contributed by atoms with Crippen LogP contribution in [0.3, 0.4) is 0 Å². The number of Topliss-reactive ketones (excluding diaryl/α,β-unsaturated/α-hetero) is 1. The molecule has 1 aromatic heterocycles. The van der Waals surface area contributed by atoms with Crippen molar-refractivity contribution in [1.82, 2.24) is 20.0 Å². The van der Waals surface area contributed by atoms with Crippen molar-refractivity contribution < 1.29 is 19.4 Å². The minimum atomic E-state index is -1.05. The van der Waals surface area contributed by atoms with Crippen molar-refractivity contribution in [3.8, 4) is 16.9 Å². The van der Waals surface area contributed by atoms with E-state index in [1.54, 1.807) is 30.3 Å². The second kappa shape index (κ2) is 12.5. The van der Waals surface area contributed by atoms with Gasteiger partial charge in [0.2, 0.25) is 5.78 Å². The SMILES string of the molecule is CC(C)n1cc2cc(-c3ccc(C(=O)C(=O)N[C@H](CN4CCCC4)[C@H](O)c4ccc(OC5CC5)c(Cl)c4)cc3)ccc2n1. The van der Waals surface area contributed by atoms with Crippen LogP contribution in [0.25, 0.3) is 22.0 Å². The Kier molecular flexibility index (Phi) is 8.52. The van der Waals surface area contributed by atoms with E-state index in [0.29, 0.717) is 22.9 Å². The number of benzene rings is 3. The number of hydrogen-bond donors (Lipinski definition) is 2. The molecule has 1 amide bonds. The van der Waals surface area contributed by atoms with Crippen molar-refractivity contribution >= 4 is 34.2 Å². The summed E-state index contributed by atoms with van der Waals surface area (Å²) in [7, 11) is 0. The molecule has 3 aromatic carbocycles. The molecule has 6 rings (SSSR count). The first-order valence-corrected chi connectivity index (χ1v) is 15.4. The number of amides is 1. The predicted molar refractivity (Wildman–Crippen MR) is 168 cm³/mol. The molecule has 2 N–H and O–H groups in total. The van der Waals surface area contributed by atoms with Gasteiger partial charge in [-0.25, -0.2) is 0 Å². The van der Waals surface area contributed by atoms with Crippen LogP contribution in [0.4, 0.5) is 0 Å². The first-order valence-electron chi connectivity index (χ1n) is 15.1. The maximum absolute atomic E-state index is 13.2. The van der Waals surface area contributed by atoms with E-state index in [4.69, 9.17) is 16.3 Å². The lowest BCUT2D eigenvalue weighted by atomic mass is 9.99. The van der Waals surface area contributed by atoms with Crippen molar-refractivity contribution in [2.75, 3.05) is 19.6 Å². The summed E-state index contributed by atoms with van der Waals surface area (Å²) in [6, 6.07) is 17.9. The first kappa shape index (κ1) is 29.4. The molecule has 8 nitrogen and oxygen atoms in total. The number of rotatable bonds is 11. The van der Waals surface area contributed by atoms with Gasteiger partial charge in [0.1, 0.15) is 11.9 Å².